The van der Waals surface area contributed by atoms with E-state index in [1.54, 1.807) is 13.8 Å². The van der Waals surface area contributed by atoms with Crippen molar-refractivity contribution in [2.24, 2.45) is 4.99 Å². The zero-order valence-corrected chi connectivity index (χ0v) is 7.66. The van der Waals surface area contributed by atoms with Crippen LogP contribution in [-0.4, -0.2) is 16.2 Å². The lowest BCUT2D eigenvalue weighted by Gasteiger charge is -1.98. The van der Waals surface area contributed by atoms with Crippen LogP contribution < -0.4 is 5.56 Å². The zero-order chi connectivity index (χ0) is 9.84. The summed E-state index contributed by atoms with van der Waals surface area (Å²) in [5, 5.41) is 0. The van der Waals surface area contributed by atoms with Gasteiger partial charge in [-0.05, 0) is 13.8 Å². The zero-order valence-electron chi connectivity index (χ0n) is 7.66. The van der Waals surface area contributed by atoms with E-state index in [4.69, 9.17) is 0 Å². The summed E-state index contributed by atoms with van der Waals surface area (Å²) >= 11 is 0. The highest BCUT2D eigenvalue weighted by molar-refractivity contribution is 5.79. The van der Waals surface area contributed by atoms with E-state index in [-0.39, 0.29) is 5.56 Å². The average molecular weight is 177 g/mol. The molecule has 68 valence electrons. The molecule has 0 saturated heterocycles. The maximum absolute atomic E-state index is 11.2. The fraction of sp³-hybridized carbons (Fsp3) is 0.222. The molecule has 13 heavy (non-hydrogen) atoms. The minimum atomic E-state index is -0.127. The molecule has 0 unspecified atom stereocenters. The summed E-state index contributed by atoms with van der Waals surface area (Å²) in [5.41, 5.74) is 1.02. The van der Waals surface area contributed by atoms with Crippen LogP contribution in [0.25, 0.3) is 0 Å². The minimum absolute atomic E-state index is 0.127. The molecule has 1 aromatic rings. The van der Waals surface area contributed by atoms with Gasteiger partial charge in [0.05, 0.1) is 11.9 Å². The Morgan fingerprint density at radius 3 is 2.85 bits per heavy atom. The second kappa shape index (κ2) is 3.80. The van der Waals surface area contributed by atoms with Crippen LogP contribution in [0.4, 0.5) is 0 Å². The molecule has 1 N–H and O–H groups in total. The molecule has 0 aliphatic rings. The van der Waals surface area contributed by atoms with Crippen molar-refractivity contribution in [1.82, 2.24) is 9.97 Å². The summed E-state index contributed by atoms with van der Waals surface area (Å²) in [6, 6.07) is 0. The van der Waals surface area contributed by atoms with Gasteiger partial charge in [-0.3, -0.25) is 9.79 Å². The van der Waals surface area contributed by atoms with Crippen LogP contribution in [0.15, 0.2) is 22.6 Å². The lowest BCUT2D eigenvalue weighted by Crippen LogP contribution is -2.15. The normalized spacial score (nSPS) is 10.6. The summed E-state index contributed by atoms with van der Waals surface area (Å²) in [4.78, 5) is 21.8. The Hall–Kier alpha value is -1.71. The molecule has 4 nitrogen and oxygen atoms in total. The summed E-state index contributed by atoms with van der Waals surface area (Å²) in [7, 11) is 0. The van der Waals surface area contributed by atoms with Crippen molar-refractivity contribution in [3.63, 3.8) is 0 Å². The second-order valence-corrected chi connectivity index (χ2v) is 2.62. The molecule has 0 aromatic carbocycles. The Morgan fingerprint density at radius 1 is 1.54 bits per heavy atom. The van der Waals surface area contributed by atoms with Crippen molar-refractivity contribution in [1.29, 1.82) is 0 Å². The summed E-state index contributed by atoms with van der Waals surface area (Å²) in [6.07, 6.45) is 2.92. The Labute approximate surface area is 76.1 Å². The van der Waals surface area contributed by atoms with Gasteiger partial charge in [0.15, 0.2) is 0 Å². The Balaban J connectivity index is 3.28. The molecule has 0 amide bonds. The van der Waals surface area contributed by atoms with E-state index in [2.05, 4.69) is 21.5 Å². The number of hydrogen-bond donors (Lipinski definition) is 1. The molecule has 0 aliphatic carbocycles. The highest BCUT2D eigenvalue weighted by atomic mass is 16.1. The number of aromatic nitrogens is 2. The van der Waals surface area contributed by atoms with Crippen LogP contribution in [0.1, 0.15) is 17.1 Å². The molecule has 0 atom stereocenters. The van der Waals surface area contributed by atoms with Gasteiger partial charge in [-0.1, -0.05) is 6.58 Å². The number of hydrogen-bond acceptors (Lipinski definition) is 3. The van der Waals surface area contributed by atoms with Crippen LogP contribution >= 0.6 is 0 Å². The van der Waals surface area contributed by atoms with Gasteiger partial charge in [-0.2, -0.15) is 0 Å². The largest absolute Gasteiger partial charge is 0.311 e. The smallest absolute Gasteiger partial charge is 0.254 e. The molecule has 4 heteroatoms. The molecule has 0 bridgehead atoms. The number of H-pyrrole nitrogens is 1. The molecule has 0 radical (unpaired) electrons. The van der Waals surface area contributed by atoms with Gasteiger partial charge < -0.3 is 4.98 Å². The topological polar surface area (TPSA) is 58.1 Å². The molecule has 0 fully saturated rings. The number of nitrogens with one attached hydrogen (secondary N) is 1. The summed E-state index contributed by atoms with van der Waals surface area (Å²) < 4.78 is 0. The van der Waals surface area contributed by atoms with E-state index in [9.17, 15) is 4.79 Å². The van der Waals surface area contributed by atoms with E-state index in [0.29, 0.717) is 17.1 Å². The fourth-order valence-corrected chi connectivity index (χ4v) is 0.916. The van der Waals surface area contributed by atoms with Crippen molar-refractivity contribution >= 4 is 6.21 Å². The van der Waals surface area contributed by atoms with Crippen LogP contribution in [-0.2, 0) is 0 Å². The first-order valence-corrected chi connectivity index (χ1v) is 3.86. The van der Waals surface area contributed by atoms with Gasteiger partial charge in [0, 0.05) is 11.8 Å². The van der Waals surface area contributed by atoms with Gasteiger partial charge in [0.25, 0.3) is 5.56 Å². The monoisotopic (exact) mass is 177 g/mol. The number of aliphatic imine (C=N–C) groups is 1. The molecule has 0 saturated carbocycles. The van der Waals surface area contributed by atoms with Crippen LogP contribution in [0, 0.1) is 13.8 Å². The SMILES string of the molecule is C=CN=Cc1nc(C)[nH]c(=O)c1C. The third kappa shape index (κ3) is 2.11. The predicted molar refractivity (Wildman–Crippen MR) is 52.1 cm³/mol. The molecule has 0 spiro atoms. The Morgan fingerprint density at radius 2 is 2.23 bits per heavy atom. The summed E-state index contributed by atoms with van der Waals surface area (Å²) in [6.45, 7) is 6.87. The molecule has 1 rings (SSSR count). The maximum atomic E-state index is 11.2. The van der Waals surface area contributed by atoms with E-state index < -0.39 is 0 Å². The molecule has 1 heterocycles. The third-order valence-electron chi connectivity index (χ3n) is 1.61. The molecular formula is C9H11N3O. The van der Waals surface area contributed by atoms with Gasteiger partial charge in [0.1, 0.15) is 5.82 Å². The van der Waals surface area contributed by atoms with E-state index in [0.717, 1.165) is 0 Å². The fourth-order valence-electron chi connectivity index (χ4n) is 0.916. The van der Waals surface area contributed by atoms with Crippen LogP contribution in [0.5, 0.6) is 0 Å². The van der Waals surface area contributed by atoms with Crippen LogP contribution in [0.3, 0.4) is 0 Å². The number of nitrogens with zero attached hydrogens (tertiary/aromatic N) is 2. The van der Waals surface area contributed by atoms with E-state index >= 15 is 0 Å². The predicted octanol–water partition coefficient (Wildman–Crippen LogP) is 0.949. The molecule has 1 aromatic heterocycles. The minimum Gasteiger partial charge on any atom is -0.311 e. The van der Waals surface area contributed by atoms with E-state index in [1.165, 1.54) is 12.4 Å². The van der Waals surface area contributed by atoms with Crippen molar-refractivity contribution in [3.8, 4) is 0 Å². The van der Waals surface area contributed by atoms with Crippen molar-refractivity contribution in [3.05, 3.63) is 40.2 Å². The number of rotatable bonds is 2. The lowest BCUT2D eigenvalue weighted by atomic mass is 10.2. The van der Waals surface area contributed by atoms with Gasteiger partial charge in [0.2, 0.25) is 0 Å². The maximum Gasteiger partial charge on any atom is 0.254 e. The van der Waals surface area contributed by atoms with Gasteiger partial charge in [-0.25, -0.2) is 4.98 Å². The second-order valence-electron chi connectivity index (χ2n) is 2.62. The third-order valence-corrected chi connectivity index (χ3v) is 1.61. The first kappa shape index (κ1) is 9.38. The molecular weight excluding hydrogens is 166 g/mol. The van der Waals surface area contributed by atoms with Crippen molar-refractivity contribution in [2.75, 3.05) is 0 Å². The van der Waals surface area contributed by atoms with Gasteiger partial charge in [-0.15, -0.1) is 0 Å². The number of aromatic amines is 1. The van der Waals surface area contributed by atoms with Crippen molar-refractivity contribution in [2.45, 2.75) is 13.8 Å². The summed E-state index contributed by atoms with van der Waals surface area (Å²) in [5.74, 6) is 0.584. The lowest BCUT2D eigenvalue weighted by molar-refractivity contribution is 0.985. The first-order chi connectivity index (χ1) is 6.15. The Kier molecular flexibility index (Phi) is 2.74. The highest BCUT2D eigenvalue weighted by Crippen LogP contribution is 1.95. The highest BCUT2D eigenvalue weighted by Gasteiger charge is 2.01. The van der Waals surface area contributed by atoms with Crippen LogP contribution in [0.2, 0.25) is 0 Å². The average Bonchev–Trinajstić information content (AvgIpc) is 2.09. The Bertz CT molecular complexity index is 404. The quantitative estimate of drug-likeness (QED) is 0.684. The van der Waals surface area contributed by atoms with E-state index in [1.807, 2.05) is 0 Å². The standard InChI is InChI=1S/C9H11N3O/c1-4-10-5-8-6(2)9(13)12-7(3)11-8/h4-5H,1H2,2-3H3,(H,11,12,13). The number of aryl methyl sites for hydroxylation is 1. The van der Waals surface area contributed by atoms with Crippen molar-refractivity contribution < 1.29 is 0 Å². The van der Waals surface area contributed by atoms with Gasteiger partial charge >= 0.3 is 0 Å². The first-order valence-electron chi connectivity index (χ1n) is 3.86. The molecule has 0 aliphatic heterocycles.